The molecule has 9 heteroatoms. The van der Waals surface area contributed by atoms with Crippen molar-refractivity contribution >= 4 is 22.1 Å². The van der Waals surface area contributed by atoms with Crippen LogP contribution in [-0.2, 0) is 6.54 Å². The van der Waals surface area contributed by atoms with Crippen LogP contribution < -0.4 is 0 Å². The number of hydrogen-bond donors (Lipinski definition) is 2. The lowest BCUT2D eigenvalue weighted by molar-refractivity contribution is 0.402. The first kappa shape index (κ1) is 21.1. The quantitative estimate of drug-likeness (QED) is 0.379. The van der Waals surface area contributed by atoms with Crippen LogP contribution >= 0.6 is 0 Å². The second-order valence-electron chi connectivity index (χ2n) is 8.66. The standard InChI is InChI=1S/C26H21FN8/c1-35(2)14-15-8-17(12-28-11-15)21-10-20-22(13-30-21)33-34-24(20)26-31-23-19(6-7-29-25(23)32-26)16-4-3-5-18(27)9-16/h3-13H,14H2,1-2H3,(H,33,34)(H,29,31,32). The molecule has 0 aliphatic carbocycles. The number of H-pyrrole nitrogens is 2. The average molecular weight is 465 g/mol. The number of aromatic amines is 2. The zero-order valence-corrected chi connectivity index (χ0v) is 19.1. The van der Waals surface area contributed by atoms with Crippen LogP contribution in [0.2, 0.25) is 0 Å². The molecule has 5 heterocycles. The molecule has 0 amide bonds. The van der Waals surface area contributed by atoms with E-state index in [9.17, 15) is 4.39 Å². The van der Waals surface area contributed by atoms with Gasteiger partial charge in [0.1, 0.15) is 11.5 Å². The molecule has 0 spiro atoms. The normalized spacial score (nSPS) is 11.7. The summed E-state index contributed by atoms with van der Waals surface area (Å²) in [6.45, 7) is 0.791. The average Bonchev–Trinajstić information content (AvgIpc) is 3.47. The van der Waals surface area contributed by atoms with Crippen LogP contribution in [0.4, 0.5) is 4.39 Å². The fourth-order valence-electron chi connectivity index (χ4n) is 4.25. The lowest BCUT2D eigenvalue weighted by atomic mass is 10.1. The zero-order valence-electron chi connectivity index (χ0n) is 19.1. The monoisotopic (exact) mass is 464 g/mol. The largest absolute Gasteiger partial charge is 0.335 e. The molecule has 0 saturated carbocycles. The summed E-state index contributed by atoms with van der Waals surface area (Å²) in [5.74, 6) is 0.272. The Labute approximate surface area is 199 Å². The first-order valence-corrected chi connectivity index (χ1v) is 11.1. The van der Waals surface area contributed by atoms with Gasteiger partial charge < -0.3 is 9.88 Å². The first-order chi connectivity index (χ1) is 17.0. The summed E-state index contributed by atoms with van der Waals surface area (Å²) in [6, 6.07) is 12.4. The van der Waals surface area contributed by atoms with E-state index in [4.69, 9.17) is 0 Å². The highest BCUT2D eigenvalue weighted by Gasteiger charge is 2.17. The predicted molar refractivity (Wildman–Crippen MR) is 133 cm³/mol. The number of fused-ring (bicyclic) bond motifs is 2. The smallest absolute Gasteiger partial charge is 0.178 e. The van der Waals surface area contributed by atoms with Gasteiger partial charge in [-0.1, -0.05) is 12.1 Å². The number of nitrogens with one attached hydrogen (secondary N) is 2. The van der Waals surface area contributed by atoms with E-state index in [2.05, 4.69) is 46.1 Å². The van der Waals surface area contributed by atoms with Gasteiger partial charge in [-0.15, -0.1) is 0 Å². The number of pyridine rings is 3. The van der Waals surface area contributed by atoms with Crippen LogP contribution in [0, 0.1) is 5.82 Å². The molecule has 0 unspecified atom stereocenters. The Morgan fingerprint density at radius 3 is 2.74 bits per heavy atom. The molecule has 0 atom stereocenters. The van der Waals surface area contributed by atoms with Crippen molar-refractivity contribution in [3.63, 3.8) is 0 Å². The lowest BCUT2D eigenvalue weighted by Crippen LogP contribution is -2.10. The van der Waals surface area contributed by atoms with Crippen molar-refractivity contribution in [1.82, 2.24) is 40.0 Å². The minimum Gasteiger partial charge on any atom is -0.335 e. The van der Waals surface area contributed by atoms with Gasteiger partial charge in [-0.05, 0) is 55.6 Å². The van der Waals surface area contributed by atoms with Crippen LogP contribution in [0.3, 0.4) is 0 Å². The molecule has 0 radical (unpaired) electrons. The Bertz CT molecular complexity index is 1680. The molecular weight excluding hydrogens is 443 g/mol. The van der Waals surface area contributed by atoms with Gasteiger partial charge in [0.25, 0.3) is 0 Å². The SMILES string of the molecule is CN(C)Cc1cncc(-c2cc3c(-c4nc5nccc(-c6cccc(F)c6)c5[nH]4)n[nH]c3cn2)c1. The molecule has 6 rings (SSSR count). The molecule has 0 bridgehead atoms. The van der Waals surface area contributed by atoms with E-state index < -0.39 is 0 Å². The summed E-state index contributed by atoms with van der Waals surface area (Å²) in [5, 5.41) is 8.41. The molecule has 8 nitrogen and oxygen atoms in total. The van der Waals surface area contributed by atoms with Gasteiger partial charge in [-0.25, -0.2) is 14.4 Å². The van der Waals surface area contributed by atoms with Gasteiger partial charge >= 0.3 is 0 Å². The van der Waals surface area contributed by atoms with E-state index in [1.54, 1.807) is 18.5 Å². The van der Waals surface area contributed by atoms with Gasteiger partial charge in [0.05, 0.1) is 22.9 Å². The molecule has 0 fully saturated rings. The third-order valence-electron chi connectivity index (χ3n) is 5.79. The summed E-state index contributed by atoms with van der Waals surface area (Å²) in [5.41, 5.74) is 7.10. The molecule has 0 saturated heterocycles. The Kier molecular flexibility index (Phi) is 5.04. The highest BCUT2D eigenvalue weighted by molar-refractivity contribution is 5.96. The van der Waals surface area contributed by atoms with Gasteiger partial charge in [0.15, 0.2) is 11.5 Å². The second kappa shape index (κ2) is 8.37. The number of nitrogens with zero attached hydrogens (tertiary/aromatic N) is 6. The van der Waals surface area contributed by atoms with Crippen LogP contribution in [0.5, 0.6) is 0 Å². The topological polar surface area (TPSA) is 99.3 Å². The van der Waals surface area contributed by atoms with Crippen LogP contribution in [0.25, 0.3) is 56.0 Å². The molecule has 35 heavy (non-hydrogen) atoms. The van der Waals surface area contributed by atoms with Gasteiger partial charge in [-0.2, -0.15) is 5.10 Å². The van der Waals surface area contributed by atoms with Gasteiger partial charge in [0, 0.05) is 41.6 Å². The summed E-state index contributed by atoms with van der Waals surface area (Å²) < 4.78 is 13.9. The molecule has 5 aromatic heterocycles. The van der Waals surface area contributed by atoms with Crippen molar-refractivity contribution in [2.45, 2.75) is 6.54 Å². The van der Waals surface area contributed by atoms with Crippen LogP contribution in [0.15, 0.2) is 67.3 Å². The third kappa shape index (κ3) is 3.91. The summed E-state index contributed by atoms with van der Waals surface area (Å²) >= 11 is 0. The maximum Gasteiger partial charge on any atom is 0.178 e. The fourth-order valence-corrected chi connectivity index (χ4v) is 4.25. The number of aromatic nitrogens is 7. The van der Waals surface area contributed by atoms with Gasteiger partial charge in [-0.3, -0.25) is 15.1 Å². The van der Waals surface area contributed by atoms with E-state index in [1.807, 2.05) is 44.7 Å². The Balaban J connectivity index is 1.45. The first-order valence-electron chi connectivity index (χ1n) is 11.1. The molecular formula is C26H21FN8. The van der Waals surface area contributed by atoms with E-state index in [-0.39, 0.29) is 5.82 Å². The van der Waals surface area contributed by atoms with Crippen molar-refractivity contribution in [1.29, 1.82) is 0 Å². The molecule has 2 N–H and O–H groups in total. The Morgan fingerprint density at radius 2 is 1.89 bits per heavy atom. The molecule has 6 aromatic rings. The third-order valence-corrected chi connectivity index (χ3v) is 5.79. The zero-order chi connectivity index (χ0) is 23.9. The Morgan fingerprint density at radius 1 is 0.971 bits per heavy atom. The van der Waals surface area contributed by atoms with E-state index >= 15 is 0 Å². The van der Waals surface area contributed by atoms with E-state index in [0.717, 1.165) is 50.9 Å². The Hall–Kier alpha value is -4.50. The second-order valence-corrected chi connectivity index (χ2v) is 8.66. The summed E-state index contributed by atoms with van der Waals surface area (Å²) in [4.78, 5) is 23.5. The fraction of sp³-hybridized carbons (Fsp3) is 0.115. The van der Waals surface area contributed by atoms with Crippen molar-refractivity contribution < 1.29 is 4.39 Å². The maximum absolute atomic E-state index is 13.9. The summed E-state index contributed by atoms with van der Waals surface area (Å²) in [7, 11) is 4.05. The maximum atomic E-state index is 13.9. The minimum absolute atomic E-state index is 0.297. The number of rotatable bonds is 5. The predicted octanol–water partition coefficient (Wildman–Crippen LogP) is 4.83. The lowest BCUT2D eigenvalue weighted by Gasteiger charge is -2.10. The molecule has 0 aliphatic rings. The molecule has 0 aliphatic heterocycles. The van der Waals surface area contributed by atoms with Gasteiger partial charge in [0.2, 0.25) is 0 Å². The molecule has 1 aromatic carbocycles. The van der Waals surface area contributed by atoms with Crippen molar-refractivity contribution in [3.8, 4) is 33.9 Å². The number of halogens is 1. The van der Waals surface area contributed by atoms with E-state index in [0.29, 0.717) is 17.2 Å². The molecule has 172 valence electrons. The number of benzene rings is 1. The van der Waals surface area contributed by atoms with Crippen molar-refractivity contribution in [3.05, 3.63) is 78.6 Å². The number of hydrogen-bond acceptors (Lipinski definition) is 6. The van der Waals surface area contributed by atoms with Crippen molar-refractivity contribution in [2.75, 3.05) is 14.1 Å². The highest BCUT2D eigenvalue weighted by atomic mass is 19.1. The highest BCUT2D eigenvalue weighted by Crippen LogP contribution is 2.32. The van der Waals surface area contributed by atoms with Crippen molar-refractivity contribution in [2.24, 2.45) is 0 Å². The minimum atomic E-state index is -0.297. The summed E-state index contributed by atoms with van der Waals surface area (Å²) in [6.07, 6.45) is 7.11. The number of imidazole rings is 1. The van der Waals surface area contributed by atoms with Crippen LogP contribution in [-0.4, -0.2) is 54.1 Å². The van der Waals surface area contributed by atoms with E-state index in [1.165, 1.54) is 12.1 Å². The van der Waals surface area contributed by atoms with Crippen LogP contribution in [0.1, 0.15) is 5.56 Å².